The van der Waals surface area contributed by atoms with E-state index in [1.165, 1.54) is 0 Å². The molecule has 100 valence electrons. The van der Waals surface area contributed by atoms with E-state index in [9.17, 15) is 4.39 Å². The second-order valence-electron chi connectivity index (χ2n) is 4.32. The van der Waals surface area contributed by atoms with Crippen LogP contribution in [0.15, 0.2) is 42.5 Å². The van der Waals surface area contributed by atoms with E-state index in [0.717, 1.165) is 5.56 Å². The molecular weight excluding hydrogens is 284 g/mol. The smallest absolute Gasteiger partial charge is 0.146 e. The average Bonchev–Trinajstić information content (AvgIpc) is 2.40. The van der Waals surface area contributed by atoms with Gasteiger partial charge < -0.3 is 5.32 Å². The number of nitrogens with one attached hydrogen (secondary N) is 1. The summed E-state index contributed by atoms with van der Waals surface area (Å²) in [4.78, 5) is 0. The van der Waals surface area contributed by atoms with Crippen molar-refractivity contribution in [2.45, 2.75) is 12.5 Å². The Labute approximate surface area is 122 Å². The highest BCUT2D eigenvalue weighted by molar-refractivity contribution is 6.31. The minimum atomic E-state index is -0.370. The summed E-state index contributed by atoms with van der Waals surface area (Å²) in [6.45, 7) is 0. The molecule has 0 aliphatic carbocycles. The largest absolute Gasteiger partial charge is 0.313 e. The first-order chi connectivity index (χ1) is 9.11. The van der Waals surface area contributed by atoms with Crippen molar-refractivity contribution in [1.82, 2.24) is 5.32 Å². The van der Waals surface area contributed by atoms with Crippen molar-refractivity contribution in [3.05, 3.63) is 69.5 Å². The monoisotopic (exact) mass is 297 g/mol. The molecule has 1 unspecified atom stereocenters. The summed E-state index contributed by atoms with van der Waals surface area (Å²) < 4.78 is 14.0. The van der Waals surface area contributed by atoms with Gasteiger partial charge in [-0.05, 0) is 37.2 Å². The Balaban J connectivity index is 2.28. The third-order valence-corrected chi connectivity index (χ3v) is 3.56. The van der Waals surface area contributed by atoms with Gasteiger partial charge >= 0.3 is 0 Å². The van der Waals surface area contributed by atoms with Crippen molar-refractivity contribution in [2.75, 3.05) is 7.05 Å². The van der Waals surface area contributed by atoms with E-state index in [4.69, 9.17) is 23.2 Å². The Morgan fingerprint density at radius 2 is 1.89 bits per heavy atom. The molecule has 2 aromatic carbocycles. The molecule has 0 aliphatic rings. The van der Waals surface area contributed by atoms with Crippen molar-refractivity contribution in [3.8, 4) is 0 Å². The molecule has 4 heteroatoms. The van der Waals surface area contributed by atoms with E-state index in [-0.39, 0.29) is 16.9 Å². The van der Waals surface area contributed by atoms with Gasteiger partial charge in [0.05, 0.1) is 5.02 Å². The molecule has 2 aromatic rings. The molecule has 0 amide bonds. The first-order valence-electron chi connectivity index (χ1n) is 5.97. The SMILES string of the molecule is CNC(Cc1cccc(Cl)c1)c1cccc(Cl)c1F. The van der Waals surface area contributed by atoms with E-state index in [1.54, 1.807) is 25.2 Å². The van der Waals surface area contributed by atoms with Crippen LogP contribution in [0.25, 0.3) is 0 Å². The fraction of sp³-hybridized carbons (Fsp3) is 0.200. The van der Waals surface area contributed by atoms with Crippen LogP contribution in [0.3, 0.4) is 0 Å². The summed E-state index contributed by atoms with van der Waals surface area (Å²) in [5, 5.41) is 3.93. The van der Waals surface area contributed by atoms with Crippen LogP contribution in [-0.2, 0) is 6.42 Å². The summed E-state index contributed by atoms with van der Waals surface area (Å²) in [5.41, 5.74) is 1.61. The molecule has 1 nitrogen and oxygen atoms in total. The van der Waals surface area contributed by atoms with Crippen LogP contribution in [-0.4, -0.2) is 7.05 Å². The summed E-state index contributed by atoms with van der Waals surface area (Å²) in [6.07, 6.45) is 0.647. The number of rotatable bonds is 4. The van der Waals surface area contributed by atoms with E-state index >= 15 is 0 Å². The molecule has 2 rings (SSSR count). The molecule has 1 N–H and O–H groups in total. The second-order valence-corrected chi connectivity index (χ2v) is 5.16. The molecule has 0 saturated heterocycles. The average molecular weight is 298 g/mol. The minimum absolute atomic E-state index is 0.142. The highest BCUT2D eigenvalue weighted by Gasteiger charge is 2.16. The summed E-state index contributed by atoms with van der Waals surface area (Å²) >= 11 is 11.8. The van der Waals surface area contributed by atoms with Crippen molar-refractivity contribution in [3.63, 3.8) is 0 Å². The van der Waals surface area contributed by atoms with Gasteiger partial charge in [0.25, 0.3) is 0 Å². The van der Waals surface area contributed by atoms with Crippen LogP contribution in [0.2, 0.25) is 10.0 Å². The van der Waals surface area contributed by atoms with Gasteiger partial charge in [0, 0.05) is 16.6 Å². The van der Waals surface area contributed by atoms with Crippen LogP contribution in [0, 0.1) is 5.82 Å². The number of hydrogen-bond acceptors (Lipinski definition) is 1. The normalized spacial score (nSPS) is 12.4. The summed E-state index contributed by atoms with van der Waals surface area (Å²) in [7, 11) is 1.80. The number of likely N-dealkylation sites (N-methyl/N-ethyl adjacent to an activating group) is 1. The highest BCUT2D eigenvalue weighted by atomic mass is 35.5. The van der Waals surface area contributed by atoms with Gasteiger partial charge in [-0.3, -0.25) is 0 Å². The Morgan fingerprint density at radius 3 is 2.58 bits per heavy atom. The third kappa shape index (κ3) is 3.47. The van der Waals surface area contributed by atoms with Crippen LogP contribution in [0.1, 0.15) is 17.2 Å². The van der Waals surface area contributed by atoms with Crippen molar-refractivity contribution < 1.29 is 4.39 Å². The second kappa shape index (κ2) is 6.38. The van der Waals surface area contributed by atoms with E-state index < -0.39 is 0 Å². The topological polar surface area (TPSA) is 12.0 Å². The van der Waals surface area contributed by atoms with Gasteiger partial charge in [-0.25, -0.2) is 4.39 Å². The lowest BCUT2D eigenvalue weighted by molar-refractivity contribution is 0.534. The molecule has 0 saturated carbocycles. The van der Waals surface area contributed by atoms with Crippen LogP contribution in [0.4, 0.5) is 4.39 Å². The minimum Gasteiger partial charge on any atom is -0.313 e. The summed E-state index contributed by atoms with van der Waals surface area (Å²) in [6, 6.07) is 12.5. The molecule has 0 fully saturated rings. The van der Waals surface area contributed by atoms with E-state index in [2.05, 4.69) is 5.32 Å². The van der Waals surface area contributed by atoms with Gasteiger partial charge in [0.15, 0.2) is 0 Å². The standard InChI is InChI=1S/C15H14Cl2FN/c1-19-14(9-10-4-2-5-11(16)8-10)12-6-3-7-13(17)15(12)18/h2-8,14,19H,9H2,1H3. The maximum Gasteiger partial charge on any atom is 0.146 e. The fourth-order valence-corrected chi connectivity index (χ4v) is 2.45. The predicted molar refractivity (Wildman–Crippen MR) is 78.4 cm³/mol. The molecule has 0 radical (unpaired) electrons. The van der Waals surface area contributed by atoms with Crippen LogP contribution < -0.4 is 5.32 Å². The van der Waals surface area contributed by atoms with Crippen LogP contribution in [0.5, 0.6) is 0 Å². The molecule has 0 bridgehead atoms. The van der Waals surface area contributed by atoms with Gasteiger partial charge in [-0.2, -0.15) is 0 Å². The number of hydrogen-bond donors (Lipinski definition) is 1. The zero-order chi connectivity index (χ0) is 13.8. The van der Waals surface area contributed by atoms with Gasteiger partial charge in [-0.15, -0.1) is 0 Å². The highest BCUT2D eigenvalue weighted by Crippen LogP contribution is 2.26. The zero-order valence-electron chi connectivity index (χ0n) is 10.5. The number of benzene rings is 2. The Hall–Kier alpha value is -1.09. The van der Waals surface area contributed by atoms with Crippen molar-refractivity contribution in [1.29, 1.82) is 0 Å². The Kier molecular flexibility index (Phi) is 4.81. The summed E-state index contributed by atoms with van der Waals surface area (Å²) in [5.74, 6) is -0.370. The van der Waals surface area contributed by atoms with Gasteiger partial charge in [-0.1, -0.05) is 47.5 Å². The zero-order valence-corrected chi connectivity index (χ0v) is 12.0. The van der Waals surface area contributed by atoms with Gasteiger partial charge in [0.2, 0.25) is 0 Å². The molecular formula is C15H14Cl2FN. The van der Waals surface area contributed by atoms with Crippen LogP contribution >= 0.6 is 23.2 Å². The molecule has 0 spiro atoms. The lowest BCUT2D eigenvalue weighted by atomic mass is 9.98. The van der Waals surface area contributed by atoms with E-state index in [0.29, 0.717) is 17.0 Å². The quantitative estimate of drug-likeness (QED) is 0.867. The molecule has 0 aromatic heterocycles. The Morgan fingerprint density at radius 1 is 1.16 bits per heavy atom. The van der Waals surface area contributed by atoms with Crippen molar-refractivity contribution >= 4 is 23.2 Å². The molecule has 0 heterocycles. The first kappa shape index (κ1) is 14.3. The van der Waals surface area contributed by atoms with E-state index in [1.807, 2.05) is 24.3 Å². The molecule has 1 atom stereocenters. The lowest BCUT2D eigenvalue weighted by Gasteiger charge is -2.18. The molecule has 0 aliphatic heterocycles. The van der Waals surface area contributed by atoms with Crippen molar-refractivity contribution in [2.24, 2.45) is 0 Å². The van der Waals surface area contributed by atoms with Gasteiger partial charge in [0.1, 0.15) is 5.82 Å². The predicted octanol–water partition coefficient (Wildman–Crippen LogP) is 4.64. The maximum atomic E-state index is 14.0. The first-order valence-corrected chi connectivity index (χ1v) is 6.73. The lowest BCUT2D eigenvalue weighted by Crippen LogP contribution is -2.20. The maximum absolute atomic E-state index is 14.0. The molecule has 19 heavy (non-hydrogen) atoms. The number of halogens is 3. The third-order valence-electron chi connectivity index (χ3n) is 3.03. The fourth-order valence-electron chi connectivity index (χ4n) is 2.06. The Bertz CT molecular complexity index is 572.